The third-order valence-electron chi connectivity index (χ3n) is 25.7. The lowest BCUT2D eigenvalue weighted by Crippen LogP contribution is -2.60. The molecule has 6 aromatic carbocycles. The van der Waals surface area contributed by atoms with Gasteiger partial charge in [0.1, 0.15) is 0 Å². The van der Waals surface area contributed by atoms with Gasteiger partial charge in [0.05, 0.1) is 16.2 Å². The van der Waals surface area contributed by atoms with Crippen molar-refractivity contribution < 1.29 is 0 Å². The van der Waals surface area contributed by atoms with E-state index in [4.69, 9.17) is 0 Å². The molecule has 86 heavy (non-hydrogen) atoms. The van der Waals surface area contributed by atoms with E-state index >= 15 is 0 Å². The Morgan fingerprint density at radius 1 is 0.349 bits per heavy atom. The third-order valence-corrected chi connectivity index (χ3v) is 28.0. The zero-order valence-corrected chi connectivity index (χ0v) is 57.1. The molecule has 0 amide bonds. The molecule has 444 valence electrons. The lowest BCUT2D eigenvalue weighted by Gasteiger charge is -2.51. The zero-order chi connectivity index (χ0) is 60.4. The molecule has 8 aromatic rings. The quantitative estimate of drug-likeness (QED) is 0.163. The largest absolute Gasteiger partial charge is 0.334 e. The molecule has 6 heteroatoms. The van der Waals surface area contributed by atoms with Crippen molar-refractivity contribution in [1.82, 2.24) is 0 Å². The monoisotopic (exact) mass is 1170 g/mol. The van der Waals surface area contributed by atoms with E-state index in [0.29, 0.717) is 0 Å². The van der Waals surface area contributed by atoms with Crippen molar-refractivity contribution in [2.45, 2.75) is 256 Å². The van der Waals surface area contributed by atoms with Gasteiger partial charge in [-0.25, -0.2) is 0 Å². The number of anilines is 8. The maximum absolute atomic E-state index is 2.89. The number of nitrogens with zero attached hydrogens (tertiary/aromatic N) is 3. The summed E-state index contributed by atoms with van der Waals surface area (Å²) >= 11 is 4.21. The summed E-state index contributed by atoms with van der Waals surface area (Å²) in [5.74, 6) is 0. The van der Waals surface area contributed by atoms with Gasteiger partial charge in [-0.1, -0.05) is 161 Å². The van der Waals surface area contributed by atoms with Crippen LogP contribution in [-0.2, 0) is 48.7 Å². The third kappa shape index (κ3) is 7.38. The van der Waals surface area contributed by atoms with E-state index in [9.17, 15) is 0 Å². The van der Waals surface area contributed by atoms with Crippen LogP contribution in [0, 0.1) is 0 Å². The van der Waals surface area contributed by atoms with Crippen molar-refractivity contribution in [1.29, 1.82) is 0 Å². The molecule has 3 nitrogen and oxygen atoms in total. The number of hydrogen-bond acceptors (Lipinski definition) is 5. The molecule has 3 aliphatic heterocycles. The van der Waals surface area contributed by atoms with E-state index in [1.165, 1.54) is 179 Å². The number of fused-ring (bicyclic) bond motifs is 15. The summed E-state index contributed by atoms with van der Waals surface area (Å²) in [5.41, 5.74) is 26.6. The Morgan fingerprint density at radius 3 is 1.31 bits per heavy atom. The Morgan fingerprint density at radius 2 is 0.779 bits per heavy atom. The van der Waals surface area contributed by atoms with Crippen LogP contribution in [0.25, 0.3) is 20.2 Å². The summed E-state index contributed by atoms with van der Waals surface area (Å²) < 4.78 is 4.36. The van der Waals surface area contributed by atoms with Gasteiger partial charge in [-0.3, -0.25) is 0 Å². The summed E-state index contributed by atoms with van der Waals surface area (Å²) in [7, 11) is 0. The molecular weight excluding hydrogens is 1080 g/mol. The lowest BCUT2D eigenvalue weighted by atomic mass is 9.36. The number of thiophene rings is 2. The number of rotatable bonds is 3. The molecular formula is C80H94BN3S2. The number of para-hydroxylation sites is 1. The maximum atomic E-state index is 2.89. The van der Waals surface area contributed by atoms with Crippen LogP contribution >= 0.6 is 22.7 Å². The minimum absolute atomic E-state index is 0.000357. The highest BCUT2D eigenvalue weighted by Gasteiger charge is 2.59. The zero-order valence-electron chi connectivity index (χ0n) is 55.5. The van der Waals surface area contributed by atoms with Crippen LogP contribution in [0.1, 0.15) is 252 Å². The second kappa shape index (κ2) is 17.3. The Bertz CT molecular complexity index is 4280. The first-order chi connectivity index (χ1) is 40.3. The van der Waals surface area contributed by atoms with E-state index in [0.717, 1.165) is 6.42 Å². The molecule has 1 saturated carbocycles. The smallest absolute Gasteiger partial charge is 0.266 e. The fraction of sp³-hybridized carbons (Fsp3) is 0.500. The van der Waals surface area contributed by atoms with Crippen molar-refractivity contribution in [3.63, 3.8) is 0 Å². The Labute approximate surface area is 524 Å². The van der Waals surface area contributed by atoms with Gasteiger partial charge in [0, 0.05) is 59.1 Å². The first-order valence-corrected chi connectivity index (χ1v) is 35.1. The Hall–Kier alpha value is -5.30. The first-order valence-electron chi connectivity index (χ1n) is 33.5. The molecule has 0 radical (unpaired) electrons. The van der Waals surface area contributed by atoms with Crippen LogP contribution in [0.4, 0.5) is 44.8 Å². The van der Waals surface area contributed by atoms with Gasteiger partial charge in [0.2, 0.25) is 0 Å². The molecule has 5 heterocycles. The van der Waals surface area contributed by atoms with Crippen molar-refractivity contribution in [3.8, 4) is 0 Å². The molecule has 5 aliphatic carbocycles. The average Bonchev–Trinajstić information content (AvgIpc) is 1.43. The van der Waals surface area contributed by atoms with Crippen LogP contribution in [0.15, 0.2) is 97.1 Å². The van der Waals surface area contributed by atoms with E-state index in [1.807, 2.05) is 0 Å². The van der Waals surface area contributed by atoms with Crippen LogP contribution in [0.3, 0.4) is 0 Å². The van der Waals surface area contributed by atoms with Crippen molar-refractivity contribution in [2.75, 3.05) is 14.7 Å². The normalized spacial score (nSPS) is 25.7. The molecule has 2 unspecified atom stereocenters. The SMILES string of the molecule is CC1(C)CCC(C)(C)c2cc(N3c4cc(N5c6ccccc6C6(C)CCCCC56C)cc5c4B(c4sc6cc7c(cc6c4N5c4ccc5c(c4)C(C)(C)CCC5(C)C)C(C)(C)CCC7(C)C)c4c3sc3cc5c(cc43)C(C)(C)CCC5(C)C)ccc21. The topological polar surface area (TPSA) is 9.72 Å². The Kier molecular flexibility index (Phi) is 11.3. The van der Waals surface area contributed by atoms with Crippen molar-refractivity contribution in [2.24, 2.45) is 0 Å². The summed E-state index contributed by atoms with van der Waals surface area (Å²) in [6, 6.07) is 41.6. The molecule has 8 aliphatic rings. The Balaban J connectivity index is 1.09. The highest BCUT2D eigenvalue weighted by molar-refractivity contribution is 7.35. The standard InChI is InChI=1S/C80H94BN3S2/c1-71(2)31-33-73(5,6)55-39-47(25-27-52(55)71)82-62-41-49(84-61-24-20-19-23-54(61)79(17)29-21-22-30-80(79,84)18)42-63-67(62)81(69-68(82)51-44-58-60(46-65(51)85-69)78(15,16)38-36-76(58,11)12)66-50-43-57-59(77(13,14)37-35-75(57,9)10)45-64(50)86-70(66)83(63)48-26-28-53-56(40-48)74(7,8)34-32-72(53,3)4/h19-20,23-28,39-46H,21-22,29-38H2,1-18H3. The van der Waals surface area contributed by atoms with E-state index in [-0.39, 0.29) is 61.0 Å². The van der Waals surface area contributed by atoms with Gasteiger partial charge in [0.25, 0.3) is 6.71 Å². The average molecular weight is 1170 g/mol. The highest BCUT2D eigenvalue weighted by Crippen LogP contribution is 2.64. The fourth-order valence-electron chi connectivity index (χ4n) is 19.3. The molecule has 0 N–H and O–H groups in total. The number of benzene rings is 6. The molecule has 2 aromatic heterocycles. The van der Waals surface area contributed by atoms with E-state index in [2.05, 4.69) is 259 Å². The summed E-state index contributed by atoms with van der Waals surface area (Å²) in [5, 5.41) is 4.28. The van der Waals surface area contributed by atoms with Gasteiger partial charge in [0.15, 0.2) is 0 Å². The number of hydrogen-bond donors (Lipinski definition) is 0. The summed E-state index contributed by atoms with van der Waals surface area (Å²) in [6.07, 6.45) is 14.4. The fourth-order valence-corrected chi connectivity index (χ4v) is 21.9. The van der Waals surface area contributed by atoms with Crippen LogP contribution < -0.4 is 30.4 Å². The van der Waals surface area contributed by atoms with Crippen molar-refractivity contribution in [3.05, 3.63) is 147 Å². The van der Waals surface area contributed by atoms with E-state index < -0.39 is 0 Å². The molecule has 1 fully saturated rings. The second-order valence-electron chi connectivity index (χ2n) is 34.6. The maximum Gasteiger partial charge on any atom is 0.266 e. The van der Waals surface area contributed by atoms with Gasteiger partial charge < -0.3 is 14.7 Å². The predicted molar refractivity (Wildman–Crippen MR) is 375 cm³/mol. The van der Waals surface area contributed by atoms with Crippen LogP contribution in [-0.4, -0.2) is 12.3 Å². The van der Waals surface area contributed by atoms with Gasteiger partial charge in [-0.2, -0.15) is 0 Å². The molecule has 0 spiro atoms. The summed E-state index contributed by atoms with van der Waals surface area (Å²) in [6.45, 7) is 45.5. The molecule has 2 atom stereocenters. The minimum Gasteiger partial charge on any atom is -0.334 e. The van der Waals surface area contributed by atoms with Crippen LogP contribution in [0.5, 0.6) is 0 Å². The predicted octanol–water partition coefficient (Wildman–Crippen LogP) is 21.3. The first kappa shape index (κ1) is 56.0. The lowest BCUT2D eigenvalue weighted by molar-refractivity contribution is 0.195. The van der Waals surface area contributed by atoms with Gasteiger partial charge in [-0.05, 0) is 248 Å². The van der Waals surface area contributed by atoms with Crippen molar-refractivity contribution >= 4 is 110 Å². The molecule has 16 rings (SSSR count). The molecule has 0 bridgehead atoms. The highest BCUT2D eigenvalue weighted by atomic mass is 32.1. The van der Waals surface area contributed by atoms with E-state index in [1.54, 1.807) is 22.3 Å². The summed E-state index contributed by atoms with van der Waals surface area (Å²) in [4.78, 5) is 8.60. The minimum atomic E-state index is -0.129. The van der Waals surface area contributed by atoms with Gasteiger partial charge >= 0.3 is 0 Å². The molecule has 0 saturated heterocycles. The van der Waals surface area contributed by atoms with Crippen LogP contribution in [0.2, 0.25) is 0 Å². The van der Waals surface area contributed by atoms with Gasteiger partial charge in [-0.15, -0.1) is 22.7 Å². The second-order valence-corrected chi connectivity index (χ2v) is 36.7.